The average molecular weight is 365 g/mol. The van der Waals surface area contributed by atoms with Gasteiger partial charge < -0.3 is 10.1 Å². The third-order valence-corrected chi connectivity index (χ3v) is 4.18. The first kappa shape index (κ1) is 18.9. The molecule has 0 bridgehead atoms. The molecule has 1 aromatic rings. The highest BCUT2D eigenvalue weighted by Crippen LogP contribution is 2.40. The minimum absolute atomic E-state index is 0. The van der Waals surface area contributed by atoms with Gasteiger partial charge in [-0.25, -0.2) is 13.2 Å². The van der Waals surface area contributed by atoms with Crippen LogP contribution in [0.2, 0.25) is 0 Å². The number of alkyl halides is 2. The highest BCUT2D eigenvalue weighted by molar-refractivity contribution is 5.85. The van der Waals surface area contributed by atoms with Crippen LogP contribution in [-0.2, 0) is 4.79 Å². The number of fused-ring (bicyclic) bond motifs is 1. The van der Waals surface area contributed by atoms with Gasteiger partial charge in [0.1, 0.15) is 17.2 Å². The zero-order chi connectivity index (χ0) is 16.8. The summed E-state index contributed by atoms with van der Waals surface area (Å²) in [5.41, 5.74) is 0.0648. The fourth-order valence-electron chi connectivity index (χ4n) is 3.13. The van der Waals surface area contributed by atoms with E-state index in [0.717, 1.165) is 0 Å². The first-order valence-electron chi connectivity index (χ1n) is 7.55. The lowest BCUT2D eigenvalue weighted by molar-refractivity contribution is -0.124. The SMILES string of the molecule is CC1(C)CC(NC(=O)C2CC(F)(F)CN2)c2ccc(F)cc2O1.Cl. The van der Waals surface area contributed by atoms with Crippen LogP contribution >= 0.6 is 12.4 Å². The predicted octanol–water partition coefficient (Wildman–Crippen LogP) is 2.96. The summed E-state index contributed by atoms with van der Waals surface area (Å²) in [5.74, 6) is -3.39. The summed E-state index contributed by atoms with van der Waals surface area (Å²) < 4.78 is 45.6. The molecule has 4 nitrogen and oxygen atoms in total. The topological polar surface area (TPSA) is 50.4 Å². The van der Waals surface area contributed by atoms with Crippen LogP contribution in [0.15, 0.2) is 18.2 Å². The number of amides is 1. The van der Waals surface area contributed by atoms with Gasteiger partial charge in [-0.05, 0) is 19.9 Å². The first-order valence-corrected chi connectivity index (χ1v) is 7.55. The zero-order valence-electron chi connectivity index (χ0n) is 13.4. The van der Waals surface area contributed by atoms with E-state index in [1.54, 1.807) is 6.07 Å². The summed E-state index contributed by atoms with van der Waals surface area (Å²) in [6.07, 6.45) is -0.0395. The summed E-state index contributed by atoms with van der Waals surface area (Å²) in [4.78, 5) is 12.3. The number of carbonyl (C=O) groups is 1. The molecule has 0 radical (unpaired) electrons. The van der Waals surface area contributed by atoms with Gasteiger partial charge in [0.25, 0.3) is 5.92 Å². The number of benzene rings is 1. The number of hydrogen-bond donors (Lipinski definition) is 2. The summed E-state index contributed by atoms with van der Waals surface area (Å²) in [6, 6.07) is 2.80. The van der Waals surface area contributed by atoms with Crippen molar-refractivity contribution in [3.63, 3.8) is 0 Å². The minimum atomic E-state index is -2.86. The van der Waals surface area contributed by atoms with Crippen LogP contribution in [0.25, 0.3) is 0 Å². The number of nitrogens with one attached hydrogen (secondary N) is 2. The van der Waals surface area contributed by atoms with Crippen molar-refractivity contribution in [2.75, 3.05) is 6.54 Å². The van der Waals surface area contributed by atoms with E-state index in [1.165, 1.54) is 12.1 Å². The maximum absolute atomic E-state index is 13.4. The van der Waals surface area contributed by atoms with Crippen LogP contribution < -0.4 is 15.4 Å². The Morgan fingerprint density at radius 1 is 1.33 bits per heavy atom. The molecule has 1 saturated heterocycles. The first-order chi connectivity index (χ1) is 10.7. The molecule has 0 spiro atoms. The second kappa shape index (κ2) is 6.44. The van der Waals surface area contributed by atoms with Crippen LogP contribution in [0.1, 0.15) is 38.3 Å². The van der Waals surface area contributed by atoms with E-state index in [1.807, 2.05) is 13.8 Å². The van der Waals surface area contributed by atoms with Gasteiger partial charge in [0, 0.05) is 24.5 Å². The highest BCUT2D eigenvalue weighted by Gasteiger charge is 2.43. The van der Waals surface area contributed by atoms with Gasteiger partial charge in [-0.1, -0.05) is 6.07 Å². The molecule has 134 valence electrons. The second-order valence-electron chi connectivity index (χ2n) is 6.80. The van der Waals surface area contributed by atoms with E-state index in [9.17, 15) is 18.0 Å². The lowest BCUT2D eigenvalue weighted by atomic mass is 9.89. The fourth-order valence-corrected chi connectivity index (χ4v) is 3.13. The Kier molecular flexibility index (Phi) is 5.06. The third-order valence-electron chi connectivity index (χ3n) is 4.18. The van der Waals surface area contributed by atoms with Gasteiger partial charge in [-0.2, -0.15) is 0 Å². The molecule has 3 rings (SSSR count). The van der Waals surface area contributed by atoms with Gasteiger partial charge in [-0.3, -0.25) is 10.1 Å². The molecule has 24 heavy (non-hydrogen) atoms. The lowest BCUT2D eigenvalue weighted by Gasteiger charge is -2.38. The van der Waals surface area contributed by atoms with Crippen LogP contribution in [-0.4, -0.2) is 30.0 Å². The number of hydrogen-bond acceptors (Lipinski definition) is 3. The van der Waals surface area contributed by atoms with E-state index in [0.29, 0.717) is 17.7 Å². The maximum Gasteiger partial charge on any atom is 0.262 e. The van der Waals surface area contributed by atoms with E-state index < -0.39 is 48.3 Å². The summed E-state index contributed by atoms with van der Waals surface area (Å²) >= 11 is 0. The zero-order valence-corrected chi connectivity index (χ0v) is 14.2. The Hall–Kier alpha value is -1.47. The summed E-state index contributed by atoms with van der Waals surface area (Å²) in [5, 5.41) is 5.33. The standard InChI is InChI=1S/C16H19F3N2O2.ClH/c1-15(2)6-11(10-4-3-9(17)5-13(10)23-15)21-14(22)12-7-16(18,19)8-20-12;/h3-5,11-12,20H,6-8H2,1-2H3,(H,21,22);1H. The molecule has 1 fully saturated rings. The molecule has 2 heterocycles. The quantitative estimate of drug-likeness (QED) is 0.848. The van der Waals surface area contributed by atoms with Gasteiger partial charge in [-0.15, -0.1) is 12.4 Å². The van der Waals surface area contributed by atoms with Crippen LogP contribution in [0.3, 0.4) is 0 Å². The molecule has 2 atom stereocenters. The molecule has 2 aliphatic heterocycles. The van der Waals surface area contributed by atoms with Crippen molar-refractivity contribution in [3.05, 3.63) is 29.6 Å². The maximum atomic E-state index is 13.4. The Balaban J connectivity index is 0.00000208. The third kappa shape index (κ3) is 3.95. The van der Waals surface area contributed by atoms with Crippen molar-refractivity contribution in [1.29, 1.82) is 0 Å². The van der Waals surface area contributed by atoms with Gasteiger partial charge in [0.2, 0.25) is 5.91 Å². The molecule has 2 aliphatic rings. The van der Waals surface area contributed by atoms with Crippen LogP contribution in [0, 0.1) is 5.82 Å². The van der Waals surface area contributed by atoms with E-state index in [-0.39, 0.29) is 12.4 Å². The molecule has 0 aromatic heterocycles. The summed E-state index contributed by atoms with van der Waals surface area (Å²) in [6.45, 7) is 3.18. The molecular weight excluding hydrogens is 345 g/mol. The minimum Gasteiger partial charge on any atom is -0.487 e. The van der Waals surface area contributed by atoms with Gasteiger partial charge in [0.05, 0.1) is 18.6 Å². The number of rotatable bonds is 2. The van der Waals surface area contributed by atoms with Crippen LogP contribution in [0.5, 0.6) is 5.75 Å². The molecule has 8 heteroatoms. The highest BCUT2D eigenvalue weighted by atomic mass is 35.5. The van der Waals surface area contributed by atoms with Gasteiger partial charge in [0.15, 0.2) is 0 Å². The smallest absolute Gasteiger partial charge is 0.262 e. The number of carbonyl (C=O) groups excluding carboxylic acids is 1. The molecule has 2 N–H and O–H groups in total. The molecule has 2 unspecified atom stereocenters. The van der Waals surface area contributed by atoms with Crippen molar-refractivity contribution in [3.8, 4) is 5.75 Å². The Bertz CT molecular complexity index is 640. The number of halogens is 4. The van der Waals surface area contributed by atoms with Gasteiger partial charge >= 0.3 is 0 Å². The predicted molar refractivity (Wildman–Crippen MR) is 85.2 cm³/mol. The van der Waals surface area contributed by atoms with Crippen molar-refractivity contribution < 1.29 is 22.7 Å². The molecule has 1 amide bonds. The normalized spacial score (nSPS) is 26.7. The lowest BCUT2D eigenvalue weighted by Crippen LogP contribution is -2.46. The van der Waals surface area contributed by atoms with Crippen molar-refractivity contribution in [2.24, 2.45) is 0 Å². The fraction of sp³-hybridized carbons (Fsp3) is 0.562. The second-order valence-corrected chi connectivity index (χ2v) is 6.80. The average Bonchev–Trinajstić information content (AvgIpc) is 2.77. The Morgan fingerprint density at radius 2 is 2.04 bits per heavy atom. The van der Waals surface area contributed by atoms with E-state index in [2.05, 4.69) is 10.6 Å². The number of ether oxygens (including phenoxy) is 1. The monoisotopic (exact) mass is 364 g/mol. The molecule has 1 aromatic carbocycles. The van der Waals surface area contributed by atoms with Crippen molar-refractivity contribution >= 4 is 18.3 Å². The van der Waals surface area contributed by atoms with E-state index in [4.69, 9.17) is 4.74 Å². The molecular formula is C16H20ClF3N2O2. The van der Waals surface area contributed by atoms with Crippen molar-refractivity contribution in [1.82, 2.24) is 10.6 Å². The Morgan fingerprint density at radius 3 is 2.67 bits per heavy atom. The Labute approximate surface area is 144 Å². The molecule has 0 saturated carbocycles. The van der Waals surface area contributed by atoms with E-state index >= 15 is 0 Å². The summed E-state index contributed by atoms with van der Waals surface area (Å²) in [7, 11) is 0. The van der Waals surface area contributed by atoms with Crippen molar-refractivity contribution in [2.45, 2.75) is 50.3 Å². The largest absolute Gasteiger partial charge is 0.487 e. The molecule has 0 aliphatic carbocycles. The van der Waals surface area contributed by atoms with Crippen LogP contribution in [0.4, 0.5) is 13.2 Å².